The minimum absolute atomic E-state index is 0.0872. The lowest BCUT2D eigenvalue weighted by atomic mass is 9.91. The first-order valence-electron chi connectivity index (χ1n) is 8.19. The highest BCUT2D eigenvalue weighted by Crippen LogP contribution is 2.39. The van der Waals surface area contributed by atoms with E-state index in [-0.39, 0.29) is 17.8 Å². The molecule has 0 amide bonds. The molecule has 2 aliphatic heterocycles. The third kappa shape index (κ3) is 2.82. The van der Waals surface area contributed by atoms with Crippen LogP contribution in [0.25, 0.3) is 0 Å². The van der Waals surface area contributed by atoms with Crippen LogP contribution < -0.4 is 10.0 Å². The Bertz CT molecular complexity index is 943. The third-order valence-electron chi connectivity index (χ3n) is 4.83. The maximum atomic E-state index is 13.4. The van der Waals surface area contributed by atoms with Crippen LogP contribution in [0.4, 0.5) is 10.1 Å². The van der Waals surface area contributed by atoms with Gasteiger partial charge in [0.2, 0.25) is 10.0 Å². The minimum Gasteiger partial charge on any atom is -0.384 e. The number of benzene rings is 2. The van der Waals surface area contributed by atoms with Crippen LogP contribution >= 0.6 is 0 Å². The summed E-state index contributed by atoms with van der Waals surface area (Å²) in [6, 6.07) is 10.0. The van der Waals surface area contributed by atoms with E-state index in [1.807, 2.05) is 31.1 Å². The number of anilines is 1. The summed E-state index contributed by atoms with van der Waals surface area (Å²) in [5.41, 5.74) is 3.70. The Morgan fingerprint density at radius 3 is 2.72 bits per heavy atom. The SMILES string of the molecule is CN(C)CC1NS(=O)(=O)c2ccc(C3CNc4cc(F)ccc43)cc21. The molecule has 2 unspecified atom stereocenters. The molecule has 25 heavy (non-hydrogen) atoms. The van der Waals surface area contributed by atoms with Crippen LogP contribution in [-0.4, -0.2) is 40.5 Å². The van der Waals surface area contributed by atoms with Gasteiger partial charge in [-0.25, -0.2) is 17.5 Å². The Balaban J connectivity index is 1.75. The summed E-state index contributed by atoms with van der Waals surface area (Å²) >= 11 is 0. The summed E-state index contributed by atoms with van der Waals surface area (Å²) in [6.07, 6.45) is 0. The van der Waals surface area contributed by atoms with Gasteiger partial charge in [-0.15, -0.1) is 0 Å². The zero-order valence-corrected chi connectivity index (χ0v) is 14.9. The Labute approximate surface area is 146 Å². The van der Waals surface area contributed by atoms with E-state index in [0.717, 1.165) is 22.4 Å². The molecule has 2 heterocycles. The van der Waals surface area contributed by atoms with E-state index in [0.29, 0.717) is 18.0 Å². The molecule has 132 valence electrons. The summed E-state index contributed by atoms with van der Waals surface area (Å²) in [5, 5.41) is 3.23. The molecule has 2 N–H and O–H groups in total. The van der Waals surface area contributed by atoms with Gasteiger partial charge < -0.3 is 10.2 Å². The normalized spacial score (nSPS) is 23.4. The molecule has 2 aromatic carbocycles. The first-order chi connectivity index (χ1) is 11.8. The molecule has 2 atom stereocenters. The van der Waals surface area contributed by atoms with E-state index < -0.39 is 10.0 Å². The number of fused-ring (bicyclic) bond motifs is 2. The molecule has 0 fully saturated rings. The molecule has 4 rings (SSSR count). The van der Waals surface area contributed by atoms with Gasteiger partial charge in [0.25, 0.3) is 0 Å². The monoisotopic (exact) mass is 361 g/mol. The summed E-state index contributed by atoms with van der Waals surface area (Å²) in [5.74, 6) is -0.175. The fraction of sp³-hybridized carbons (Fsp3) is 0.333. The van der Waals surface area contributed by atoms with Gasteiger partial charge in [0.1, 0.15) is 5.82 Å². The highest BCUT2D eigenvalue weighted by Gasteiger charge is 2.35. The summed E-state index contributed by atoms with van der Waals surface area (Å²) in [4.78, 5) is 2.32. The maximum absolute atomic E-state index is 13.4. The van der Waals surface area contributed by atoms with E-state index in [4.69, 9.17) is 0 Å². The van der Waals surface area contributed by atoms with Gasteiger partial charge in [0, 0.05) is 24.7 Å². The van der Waals surface area contributed by atoms with E-state index in [1.54, 1.807) is 12.1 Å². The van der Waals surface area contributed by atoms with Crippen molar-refractivity contribution < 1.29 is 12.8 Å². The van der Waals surface area contributed by atoms with Crippen LogP contribution in [0.15, 0.2) is 41.3 Å². The fourth-order valence-electron chi connectivity index (χ4n) is 3.72. The molecular formula is C18H20FN3O2S. The number of nitrogens with one attached hydrogen (secondary N) is 2. The number of hydrogen-bond donors (Lipinski definition) is 2. The van der Waals surface area contributed by atoms with Crippen molar-refractivity contribution >= 4 is 15.7 Å². The Morgan fingerprint density at radius 1 is 1.16 bits per heavy atom. The van der Waals surface area contributed by atoms with Gasteiger partial charge in [-0.3, -0.25) is 0 Å². The van der Waals surface area contributed by atoms with Crippen LogP contribution in [0, 0.1) is 5.82 Å². The Morgan fingerprint density at radius 2 is 1.96 bits per heavy atom. The van der Waals surface area contributed by atoms with Crippen molar-refractivity contribution in [1.82, 2.24) is 9.62 Å². The topological polar surface area (TPSA) is 61.4 Å². The number of halogens is 1. The lowest BCUT2D eigenvalue weighted by Gasteiger charge is -2.18. The Hall–Kier alpha value is -1.96. The van der Waals surface area contributed by atoms with Crippen LogP contribution in [-0.2, 0) is 10.0 Å². The van der Waals surface area contributed by atoms with Gasteiger partial charge in [-0.1, -0.05) is 18.2 Å². The van der Waals surface area contributed by atoms with Crippen molar-refractivity contribution in [3.05, 3.63) is 58.9 Å². The van der Waals surface area contributed by atoms with Crippen molar-refractivity contribution in [2.45, 2.75) is 16.9 Å². The van der Waals surface area contributed by atoms with Crippen molar-refractivity contribution in [3.63, 3.8) is 0 Å². The highest BCUT2D eigenvalue weighted by atomic mass is 32.2. The highest BCUT2D eigenvalue weighted by molar-refractivity contribution is 7.89. The van der Waals surface area contributed by atoms with Crippen LogP contribution in [0.3, 0.4) is 0 Å². The lowest BCUT2D eigenvalue weighted by molar-refractivity contribution is 0.367. The van der Waals surface area contributed by atoms with Gasteiger partial charge in [-0.05, 0) is 49.0 Å². The van der Waals surface area contributed by atoms with E-state index >= 15 is 0 Å². The third-order valence-corrected chi connectivity index (χ3v) is 6.38. The zero-order chi connectivity index (χ0) is 17.8. The molecule has 0 saturated heterocycles. The van der Waals surface area contributed by atoms with Crippen molar-refractivity contribution in [1.29, 1.82) is 0 Å². The predicted octanol–water partition coefficient (Wildman–Crippen LogP) is 2.28. The van der Waals surface area contributed by atoms with Crippen LogP contribution in [0.5, 0.6) is 0 Å². The maximum Gasteiger partial charge on any atom is 0.241 e. The molecule has 0 aromatic heterocycles. The number of nitrogens with zero attached hydrogens (tertiary/aromatic N) is 1. The molecule has 0 aliphatic carbocycles. The van der Waals surface area contributed by atoms with E-state index in [1.165, 1.54) is 12.1 Å². The first-order valence-corrected chi connectivity index (χ1v) is 9.68. The van der Waals surface area contributed by atoms with Gasteiger partial charge in [-0.2, -0.15) is 0 Å². The van der Waals surface area contributed by atoms with Crippen LogP contribution in [0.1, 0.15) is 28.7 Å². The largest absolute Gasteiger partial charge is 0.384 e. The molecule has 2 aliphatic rings. The van der Waals surface area contributed by atoms with Crippen molar-refractivity contribution in [2.24, 2.45) is 0 Å². The number of rotatable bonds is 3. The van der Waals surface area contributed by atoms with Crippen molar-refractivity contribution in [2.75, 3.05) is 32.5 Å². The van der Waals surface area contributed by atoms with Crippen molar-refractivity contribution in [3.8, 4) is 0 Å². The molecule has 0 bridgehead atoms. The predicted molar refractivity (Wildman–Crippen MR) is 94.8 cm³/mol. The van der Waals surface area contributed by atoms with Gasteiger partial charge >= 0.3 is 0 Å². The lowest BCUT2D eigenvalue weighted by Crippen LogP contribution is -2.29. The van der Waals surface area contributed by atoms with E-state index in [2.05, 4.69) is 10.0 Å². The van der Waals surface area contributed by atoms with Crippen LogP contribution in [0.2, 0.25) is 0 Å². The quantitative estimate of drug-likeness (QED) is 0.881. The molecule has 7 heteroatoms. The minimum atomic E-state index is -3.45. The second kappa shape index (κ2) is 5.79. The summed E-state index contributed by atoms with van der Waals surface area (Å²) in [6.45, 7) is 1.27. The fourth-order valence-corrected chi connectivity index (χ4v) is 5.18. The molecule has 2 aromatic rings. The Kier molecular flexibility index (Phi) is 3.82. The summed E-state index contributed by atoms with van der Waals surface area (Å²) in [7, 11) is 0.388. The number of hydrogen-bond acceptors (Lipinski definition) is 4. The molecule has 0 saturated carbocycles. The second-order valence-corrected chi connectivity index (χ2v) is 8.58. The average Bonchev–Trinajstić information content (AvgIpc) is 3.05. The average molecular weight is 361 g/mol. The summed E-state index contributed by atoms with van der Waals surface area (Å²) < 4.78 is 40.8. The van der Waals surface area contributed by atoms with Gasteiger partial charge in [0.05, 0.1) is 10.9 Å². The second-order valence-electron chi connectivity index (χ2n) is 6.90. The molecule has 0 spiro atoms. The number of likely N-dealkylation sites (N-methyl/N-ethyl adjacent to an activating group) is 1. The van der Waals surface area contributed by atoms with E-state index in [9.17, 15) is 12.8 Å². The molecule has 5 nitrogen and oxygen atoms in total. The number of sulfonamides is 1. The van der Waals surface area contributed by atoms with Gasteiger partial charge in [0.15, 0.2) is 0 Å². The molecular weight excluding hydrogens is 341 g/mol. The smallest absolute Gasteiger partial charge is 0.241 e. The first kappa shape index (κ1) is 16.5. The molecule has 0 radical (unpaired) electrons. The zero-order valence-electron chi connectivity index (χ0n) is 14.1. The standard InChI is InChI=1S/C18H20FN3O2S/c1-22(2)10-17-14-7-11(3-6-18(14)25(23,24)21-17)15-9-20-16-8-12(19)4-5-13(15)16/h3-8,15,17,20-21H,9-10H2,1-2H3.